The Morgan fingerprint density at radius 2 is 1.51 bits per heavy atom. The molecular weight excluding hydrogens is 723 g/mol. The number of hydrogen-bond donors (Lipinski definition) is 0. The molecular formula is C38H44N3O6S4+. The van der Waals surface area contributed by atoms with E-state index in [-0.39, 0.29) is 16.8 Å². The molecule has 0 atom stereocenters. The Kier molecular flexibility index (Phi) is 11.3. The number of hydrogen-bond acceptors (Lipinski definition) is 9. The predicted molar refractivity (Wildman–Crippen MR) is 209 cm³/mol. The van der Waals surface area contributed by atoms with Crippen molar-refractivity contribution in [2.45, 2.75) is 52.0 Å². The van der Waals surface area contributed by atoms with E-state index >= 15 is 0 Å². The average Bonchev–Trinajstić information content (AvgIpc) is 3.63. The lowest BCUT2D eigenvalue weighted by molar-refractivity contribution is -1.08. The van der Waals surface area contributed by atoms with Gasteiger partial charge in [-0.15, -0.1) is 0 Å². The van der Waals surface area contributed by atoms with Gasteiger partial charge < -0.3 is 9.45 Å². The molecule has 0 fully saturated rings. The lowest BCUT2D eigenvalue weighted by atomic mass is 10.1. The van der Waals surface area contributed by atoms with Crippen LogP contribution in [0, 0.1) is 0 Å². The number of rotatable bonds is 15. The number of fused-ring (bicyclic) bond motifs is 6. The molecule has 0 unspecified atom stereocenters. The molecule has 0 amide bonds. The highest BCUT2D eigenvalue weighted by molar-refractivity contribution is 8.03. The smallest absolute Gasteiger partial charge is 0.314 e. The van der Waals surface area contributed by atoms with Crippen LogP contribution in [0.1, 0.15) is 45.5 Å². The van der Waals surface area contributed by atoms with Gasteiger partial charge in [-0.3, -0.25) is 0 Å². The van der Waals surface area contributed by atoms with Crippen LogP contribution in [-0.2, 0) is 31.1 Å². The molecule has 1 aromatic heterocycles. The number of hydroxylamine groups is 3. The number of anilines is 1. The highest BCUT2D eigenvalue weighted by Crippen LogP contribution is 2.50. The molecule has 0 radical (unpaired) electrons. The van der Waals surface area contributed by atoms with Crippen molar-refractivity contribution in [2.75, 3.05) is 42.6 Å². The van der Waals surface area contributed by atoms with Gasteiger partial charge in [-0.05, 0) is 74.7 Å². The van der Waals surface area contributed by atoms with Crippen LogP contribution in [0.5, 0.6) is 0 Å². The molecule has 0 bridgehead atoms. The number of quaternary nitrogens is 1. The maximum atomic E-state index is 13.2. The van der Waals surface area contributed by atoms with Crippen molar-refractivity contribution in [1.29, 1.82) is 0 Å². The largest absolute Gasteiger partial charge is 0.748 e. The molecule has 6 rings (SSSR count). The Hall–Kier alpha value is -3.30. The van der Waals surface area contributed by atoms with Gasteiger partial charge in [-0.25, -0.2) is 8.42 Å². The maximum Gasteiger partial charge on any atom is 0.314 e. The van der Waals surface area contributed by atoms with E-state index in [1.807, 2.05) is 52.0 Å². The Morgan fingerprint density at radius 1 is 0.863 bits per heavy atom. The number of benzene rings is 4. The molecule has 51 heavy (non-hydrogen) atoms. The van der Waals surface area contributed by atoms with E-state index in [4.69, 9.17) is 4.28 Å². The topological polar surface area (TPSA) is 108 Å². The number of thiazole rings is 1. The summed E-state index contributed by atoms with van der Waals surface area (Å²) in [5.74, 6) is -0.520. The fourth-order valence-electron chi connectivity index (χ4n) is 6.74. The van der Waals surface area contributed by atoms with Gasteiger partial charge >= 0.3 is 10.1 Å². The van der Waals surface area contributed by atoms with E-state index in [0.717, 1.165) is 58.0 Å². The standard InChI is InChI=1S/C38H44N3O6S4/c1-5-41(6-2,7-3)47-51(45,46)25-13-23-40-36(49-34-21-19-30-15-9-11-17-32(30)38(34)40)27-28(4)26-35-39(22-12-24-50(42,43)44)37-31-16-10-8-14-29(31)18-20-33(37)48-35/h8-11,14-21,26-27H,5-7,12-13,22-25H2,1-4H3/q+1. The van der Waals surface area contributed by atoms with Crippen molar-refractivity contribution in [3.8, 4) is 0 Å². The van der Waals surface area contributed by atoms with Crippen LogP contribution in [0.2, 0.25) is 0 Å². The molecule has 4 aromatic carbocycles. The van der Waals surface area contributed by atoms with Crippen LogP contribution in [-0.4, -0.2) is 63.7 Å². The minimum absolute atomic E-state index is 0.0741. The van der Waals surface area contributed by atoms with Gasteiger partial charge in [-0.2, -0.15) is 17.6 Å². The second-order valence-electron chi connectivity index (χ2n) is 12.8. The number of allylic oxidation sites excluding steroid dienone is 2. The zero-order valence-corrected chi connectivity index (χ0v) is 32.6. The maximum absolute atomic E-state index is 13.2. The molecule has 270 valence electrons. The first-order valence-electron chi connectivity index (χ1n) is 17.3. The summed E-state index contributed by atoms with van der Waals surface area (Å²) in [6.07, 6.45) is 4.83. The molecule has 1 aliphatic rings. The molecule has 2 heterocycles. The van der Waals surface area contributed by atoms with E-state index < -0.39 is 26.0 Å². The normalized spacial score (nSPS) is 15.1. The van der Waals surface area contributed by atoms with Gasteiger partial charge in [0.15, 0.2) is 6.54 Å². The monoisotopic (exact) mass is 766 g/mol. The molecule has 0 N–H and O–H groups in total. The minimum atomic E-state index is -4.34. The lowest BCUT2D eigenvalue weighted by Crippen LogP contribution is -2.49. The summed E-state index contributed by atoms with van der Waals surface area (Å²) >= 11 is 3.29. The number of aromatic nitrogens is 1. The van der Waals surface area contributed by atoms with Crippen molar-refractivity contribution in [2.24, 2.45) is 0 Å². The highest BCUT2D eigenvalue weighted by atomic mass is 32.2. The van der Waals surface area contributed by atoms with Crippen molar-refractivity contribution in [3.05, 3.63) is 94.5 Å². The van der Waals surface area contributed by atoms with E-state index in [0.29, 0.717) is 39.1 Å². The highest BCUT2D eigenvalue weighted by Gasteiger charge is 2.32. The molecule has 0 saturated heterocycles. The van der Waals surface area contributed by atoms with Crippen LogP contribution in [0.25, 0.3) is 37.8 Å². The third-order valence-electron chi connectivity index (χ3n) is 9.48. The van der Waals surface area contributed by atoms with Crippen molar-refractivity contribution < 1.29 is 34.9 Å². The Bertz CT molecular complexity index is 2360. The molecule has 0 saturated carbocycles. The fourth-order valence-corrected chi connectivity index (χ4v) is 11.0. The predicted octanol–water partition coefficient (Wildman–Crippen LogP) is 7.82. The summed E-state index contributed by atoms with van der Waals surface area (Å²) in [6.45, 7) is 10.4. The van der Waals surface area contributed by atoms with Crippen LogP contribution < -0.4 is 9.47 Å². The summed E-state index contributed by atoms with van der Waals surface area (Å²) < 4.78 is 69.9. The second kappa shape index (κ2) is 15.4. The molecule has 1 aliphatic heterocycles. The van der Waals surface area contributed by atoms with Gasteiger partial charge in [0.1, 0.15) is 24.3 Å². The summed E-state index contributed by atoms with van der Waals surface area (Å²) in [7, 11) is -8.11. The van der Waals surface area contributed by atoms with Gasteiger partial charge in [0.05, 0.1) is 32.0 Å². The third-order valence-corrected chi connectivity index (χ3v) is 13.8. The first-order valence-corrected chi connectivity index (χ1v) is 22.1. The quantitative estimate of drug-likeness (QED) is 0.0460. The molecule has 0 aliphatic carbocycles. The van der Waals surface area contributed by atoms with Crippen molar-refractivity contribution in [1.82, 2.24) is 0 Å². The lowest BCUT2D eigenvalue weighted by Gasteiger charge is -2.31. The zero-order valence-electron chi connectivity index (χ0n) is 29.4. The Labute approximate surface area is 309 Å². The number of nitrogens with zero attached hydrogens (tertiary/aromatic N) is 3. The van der Waals surface area contributed by atoms with E-state index in [2.05, 4.69) is 70.1 Å². The van der Waals surface area contributed by atoms with Crippen LogP contribution in [0.15, 0.2) is 94.4 Å². The van der Waals surface area contributed by atoms with Gasteiger partial charge in [0, 0.05) is 35.1 Å². The van der Waals surface area contributed by atoms with Gasteiger partial charge in [0.2, 0.25) is 5.52 Å². The Morgan fingerprint density at radius 3 is 2.20 bits per heavy atom. The number of aryl methyl sites for hydroxylation is 1. The van der Waals surface area contributed by atoms with E-state index in [1.165, 1.54) is 0 Å². The average molecular weight is 767 g/mol. The molecule has 0 spiro atoms. The first-order chi connectivity index (χ1) is 24.4. The third kappa shape index (κ3) is 8.35. The van der Waals surface area contributed by atoms with Gasteiger partial charge in [-0.1, -0.05) is 82.0 Å². The van der Waals surface area contributed by atoms with E-state index in [1.54, 1.807) is 23.1 Å². The molecule has 5 aromatic rings. The molecule has 13 heteroatoms. The summed E-state index contributed by atoms with van der Waals surface area (Å²) in [5, 5.41) is 6.31. The van der Waals surface area contributed by atoms with E-state index in [9.17, 15) is 21.4 Å². The fraction of sp³-hybridized carbons (Fsp3) is 0.342. The Balaban J connectivity index is 1.36. The molecule has 9 nitrogen and oxygen atoms in total. The summed E-state index contributed by atoms with van der Waals surface area (Å²) in [5.41, 5.74) is 3.06. The SMILES string of the molecule is CC[N+](CC)(CC)OS(=O)(=O)CCCN1/C(=C/C(C)=C/c2sc3ccc4ccccc4c3[n+]2CCCS(=O)(=O)[O-])Sc2ccc3ccccc3c21. The van der Waals surface area contributed by atoms with Crippen LogP contribution >= 0.6 is 23.1 Å². The van der Waals surface area contributed by atoms with Crippen LogP contribution in [0.3, 0.4) is 0 Å². The zero-order chi connectivity index (χ0) is 36.4. The van der Waals surface area contributed by atoms with Crippen LogP contribution in [0.4, 0.5) is 5.69 Å². The number of thioether (sulfide) groups is 1. The van der Waals surface area contributed by atoms with Crippen molar-refractivity contribution in [3.63, 3.8) is 0 Å². The second-order valence-corrected chi connectivity index (χ2v) is 18.1. The first kappa shape index (κ1) is 37.5. The summed E-state index contributed by atoms with van der Waals surface area (Å²) in [4.78, 5) is 3.33. The van der Waals surface area contributed by atoms with Gasteiger partial charge in [0.25, 0.3) is 5.01 Å². The summed E-state index contributed by atoms with van der Waals surface area (Å²) in [6, 6.07) is 24.8. The van der Waals surface area contributed by atoms with Crippen molar-refractivity contribution >= 4 is 86.9 Å². The minimum Gasteiger partial charge on any atom is -0.748 e.